The standard InChI is InChI=1S/C23H27ClN4O3S/c1-14-9-16-17(11-20(24)25-18(16)10-14)22-26-19(23(3)5-4-8-32(23,29)30)12-21(27-22)28-6-7-31-13-15(28)2/h9,11-12,15H,4-8,10,13H2,1-3H3/t15-,23-/m1/s1. The monoisotopic (exact) mass is 474 g/mol. The lowest BCUT2D eigenvalue weighted by Crippen LogP contribution is -2.44. The van der Waals surface area contributed by atoms with E-state index in [1.54, 1.807) is 13.0 Å². The molecular formula is C23H27ClN4O3S. The van der Waals surface area contributed by atoms with Gasteiger partial charge in [0.1, 0.15) is 15.7 Å². The van der Waals surface area contributed by atoms with E-state index in [1.165, 1.54) is 5.57 Å². The maximum atomic E-state index is 13.0. The fraction of sp³-hybridized carbons (Fsp3) is 0.522. The molecule has 4 heterocycles. The van der Waals surface area contributed by atoms with Crippen LogP contribution in [0.3, 0.4) is 0 Å². The van der Waals surface area contributed by atoms with Crippen LogP contribution in [0.4, 0.5) is 5.82 Å². The lowest BCUT2D eigenvalue weighted by Gasteiger charge is -2.35. The summed E-state index contributed by atoms with van der Waals surface area (Å²) in [6.07, 6.45) is 4.02. The number of allylic oxidation sites excluding steroid dienone is 1. The van der Waals surface area contributed by atoms with Crippen molar-refractivity contribution in [2.24, 2.45) is 0 Å². The van der Waals surface area contributed by atoms with Crippen molar-refractivity contribution < 1.29 is 13.2 Å². The summed E-state index contributed by atoms with van der Waals surface area (Å²) < 4.78 is 30.6. The first-order valence-corrected chi connectivity index (χ1v) is 13.0. The summed E-state index contributed by atoms with van der Waals surface area (Å²) >= 11 is 6.36. The SMILES string of the molecule is CC1=Cc2c(-c3nc(N4CCOC[C@H]4C)cc([C@@]4(C)CCCS4(=O)=O)n3)cc(Cl)nc2C1. The maximum Gasteiger partial charge on any atom is 0.162 e. The predicted octanol–water partition coefficient (Wildman–Crippen LogP) is 3.80. The van der Waals surface area contributed by atoms with Crippen molar-refractivity contribution >= 4 is 33.3 Å². The minimum absolute atomic E-state index is 0.126. The molecule has 1 aliphatic carbocycles. The van der Waals surface area contributed by atoms with E-state index in [9.17, 15) is 8.42 Å². The molecule has 0 radical (unpaired) electrons. The van der Waals surface area contributed by atoms with E-state index in [4.69, 9.17) is 26.3 Å². The van der Waals surface area contributed by atoms with Crippen molar-refractivity contribution in [3.05, 3.63) is 39.8 Å². The van der Waals surface area contributed by atoms with Gasteiger partial charge in [-0.2, -0.15) is 0 Å². The van der Waals surface area contributed by atoms with Crippen molar-refractivity contribution in [2.75, 3.05) is 30.4 Å². The Morgan fingerprint density at radius 2 is 2.06 bits per heavy atom. The number of ether oxygens (including phenoxy) is 1. The average Bonchev–Trinajstić information content (AvgIpc) is 3.25. The molecule has 2 saturated heterocycles. The Labute approximate surface area is 193 Å². The molecule has 2 aliphatic heterocycles. The molecule has 0 aromatic carbocycles. The zero-order valence-electron chi connectivity index (χ0n) is 18.6. The first kappa shape index (κ1) is 21.8. The van der Waals surface area contributed by atoms with Crippen LogP contribution in [0.25, 0.3) is 17.5 Å². The minimum Gasteiger partial charge on any atom is -0.377 e. The second kappa shape index (κ2) is 7.78. The van der Waals surface area contributed by atoms with E-state index in [0.29, 0.717) is 49.3 Å². The Morgan fingerprint density at radius 1 is 1.25 bits per heavy atom. The summed E-state index contributed by atoms with van der Waals surface area (Å²) in [6.45, 7) is 7.83. The molecule has 0 N–H and O–H groups in total. The zero-order valence-corrected chi connectivity index (χ0v) is 20.1. The molecule has 0 bridgehead atoms. The number of anilines is 1. The number of morpholine rings is 1. The van der Waals surface area contributed by atoms with Crippen LogP contribution in [0, 0.1) is 0 Å². The van der Waals surface area contributed by atoms with Gasteiger partial charge in [-0.3, -0.25) is 0 Å². The largest absolute Gasteiger partial charge is 0.377 e. The third-order valence-corrected chi connectivity index (χ3v) is 9.66. The highest BCUT2D eigenvalue weighted by Gasteiger charge is 2.47. The van der Waals surface area contributed by atoms with Gasteiger partial charge in [-0.05, 0) is 39.7 Å². The van der Waals surface area contributed by atoms with Crippen LogP contribution in [0.1, 0.15) is 50.6 Å². The third kappa shape index (κ3) is 3.53. The molecule has 2 aromatic rings. The molecule has 9 heteroatoms. The summed E-state index contributed by atoms with van der Waals surface area (Å²) in [5.74, 6) is 1.40. The van der Waals surface area contributed by atoms with Gasteiger partial charge in [0.05, 0.1) is 36.4 Å². The number of sulfone groups is 1. The topological polar surface area (TPSA) is 85.3 Å². The number of fused-ring (bicyclic) bond motifs is 1. The van der Waals surface area contributed by atoms with Crippen LogP contribution in [0.15, 0.2) is 17.7 Å². The predicted molar refractivity (Wildman–Crippen MR) is 126 cm³/mol. The van der Waals surface area contributed by atoms with Gasteiger partial charge in [-0.15, -0.1) is 0 Å². The van der Waals surface area contributed by atoms with Gasteiger partial charge >= 0.3 is 0 Å². The van der Waals surface area contributed by atoms with Crippen molar-refractivity contribution in [3.63, 3.8) is 0 Å². The molecule has 2 aromatic heterocycles. The van der Waals surface area contributed by atoms with Crippen molar-refractivity contribution in [1.29, 1.82) is 0 Å². The molecule has 2 atom stereocenters. The molecule has 0 saturated carbocycles. The third-order valence-electron chi connectivity index (χ3n) is 6.85. The molecule has 7 nitrogen and oxygen atoms in total. The normalized spacial score (nSPS) is 26.8. The average molecular weight is 475 g/mol. The van der Waals surface area contributed by atoms with Gasteiger partial charge in [-0.25, -0.2) is 23.4 Å². The fourth-order valence-corrected chi connectivity index (χ4v) is 6.99. The van der Waals surface area contributed by atoms with Crippen LogP contribution < -0.4 is 4.90 Å². The zero-order chi connectivity index (χ0) is 22.7. The van der Waals surface area contributed by atoms with Gasteiger partial charge in [0.25, 0.3) is 0 Å². The Kier molecular flexibility index (Phi) is 5.30. The summed E-state index contributed by atoms with van der Waals surface area (Å²) in [6, 6.07) is 3.77. The van der Waals surface area contributed by atoms with Crippen LogP contribution in [0.2, 0.25) is 5.15 Å². The van der Waals surface area contributed by atoms with E-state index < -0.39 is 14.6 Å². The Hall–Kier alpha value is -2.03. The van der Waals surface area contributed by atoms with E-state index in [2.05, 4.69) is 29.8 Å². The Morgan fingerprint density at radius 3 is 2.78 bits per heavy atom. The quantitative estimate of drug-likeness (QED) is 0.625. The number of nitrogens with zero attached hydrogens (tertiary/aromatic N) is 4. The highest BCUT2D eigenvalue weighted by atomic mass is 35.5. The van der Waals surface area contributed by atoms with Crippen molar-refractivity contribution in [3.8, 4) is 11.4 Å². The van der Waals surface area contributed by atoms with E-state index in [0.717, 1.165) is 29.1 Å². The van der Waals surface area contributed by atoms with E-state index in [1.807, 2.05) is 6.07 Å². The number of halogens is 1. The number of hydrogen-bond donors (Lipinski definition) is 0. The fourth-order valence-electron chi connectivity index (χ4n) is 4.92. The smallest absolute Gasteiger partial charge is 0.162 e. The number of rotatable bonds is 3. The summed E-state index contributed by atoms with van der Waals surface area (Å²) in [4.78, 5) is 16.4. The van der Waals surface area contributed by atoms with Gasteiger partial charge in [0.2, 0.25) is 0 Å². The highest BCUT2D eigenvalue weighted by Crippen LogP contribution is 2.42. The molecule has 5 rings (SSSR count). The molecule has 170 valence electrons. The van der Waals surface area contributed by atoms with Crippen LogP contribution in [-0.2, 0) is 25.7 Å². The van der Waals surface area contributed by atoms with Crippen LogP contribution >= 0.6 is 11.6 Å². The Balaban J connectivity index is 1.73. The number of hydrogen-bond acceptors (Lipinski definition) is 7. The molecular weight excluding hydrogens is 448 g/mol. The molecule has 0 amide bonds. The molecule has 3 aliphatic rings. The first-order valence-electron chi connectivity index (χ1n) is 11.0. The van der Waals surface area contributed by atoms with Crippen LogP contribution in [-0.4, -0.2) is 54.9 Å². The van der Waals surface area contributed by atoms with Gasteiger partial charge in [0, 0.05) is 30.2 Å². The number of aromatic nitrogens is 3. The highest BCUT2D eigenvalue weighted by molar-refractivity contribution is 7.92. The minimum atomic E-state index is -3.31. The first-order chi connectivity index (χ1) is 15.2. The van der Waals surface area contributed by atoms with Crippen molar-refractivity contribution in [2.45, 2.75) is 50.8 Å². The van der Waals surface area contributed by atoms with Gasteiger partial charge in [0.15, 0.2) is 15.7 Å². The molecule has 32 heavy (non-hydrogen) atoms. The summed E-state index contributed by atoms with van der Waals surface area (Å²) in [5.41, 5.74) is 4.40. The summed E-state index contributed by atoms with van der Waals surface area (Å²) in [5, 5.41) is 0.386. The van der Waals surface area contributed by atoms with E-state index >= 15 is 0 Å². The van der Waals surface area contributed by atoms with Gasteiger partial charge < -0.3 is 9.64 Å². The molecule has 0 spiro atoms. The lowest BCUT2D eigenvalue weighted by atomic mass is 10.00. The Bertz CT molecular complexity index is 1230. The number of pyridine rings is 1. The lowest BCUT2D eigenvalue weighted by molar-refractivity contribution is 0.0985. The molecule has 2 fully saturated rings. The van der Waals surface area contributed by atoms with Crippen LogP contribution in [0.5, 0.6) is 0 Å². The maximum absolute atomic E-state index is 13.0. The van der Waals surface area contributed by atoms with Crippen molar-refractivity contribution in [1.82, 2.24) is 15.0 Å². The molecule has 0 unspecified atom stereocenters. The second-order valence-electron chi connectivity index (χ2n) is 9.23. The van der Waals surface area contributed by atoms with E-state index in [-0.39, 0.29) is 11.8 Å². The summed E-state index contributed by atoms with van der Waals surface area (Å²) in [7, 11) is -3.31. The van der Waals surface area contributed by atoms with Gasteiger partial charge in [-0.1, -0.05) is 23.3 Å². The second-order valence-corrected chi connectivity index (χ2v) is 12.2.